The molecule has 0 bridgehead atoms. The Morgan fingerprint density at radius 1 is 1.80 bits per heavy atom. The first-order chi connectivity index (χ1) is 2.30. The summed E-state index contributed by atoms with van der Waals surface area (Å²) in [7, 11) is 0. The molecule has 0 aromatic carbocycles. The summed E-state index contributed by atoms with van der Waals surface area (Å²) in [5, 5.41) is 0. The van der Waals surface area contributed by atoms with Crippen molar-refractivity contribution in [3.63, 3.8) is 0 Å². The zero-order valence-corrected chi connectivity index (χ0v) is 2.82. The van der Waals surface area contributed by atoms with E-state index in [0.717, 1.165) is 0 Å². The van der Waals surface area contributed by atoms with Crippen molar-refractivity contribution in [1.82, 2.24) is 0 Å². The lowest BCUT2D eigenvalue weighted by molar-refractivity contribution is 0.467. The van der Waals surface area contributed by atoms with Crippen molar-refractivity contribution in [2.24, 2.45) is 5.73 Å². The van der Waals surface area contributed by atoms with E-state index in [1.165, 1.54) is 0 Å². The van der Waals surface area contributed by atoms with Crippen LogP contribution in [0.2, 0.25) is 0 Å². The highest BCUT2D eigenvalue weighted by Gasteiger charge is 2.32. The molecule has 1 rings (SSSR count). The molecule has 2 heteroatoms. The summed E-state index contributed by atoms with van der Waals surface area (Å²) < 4.78 is 11.4. The molecule has 1 aliphatic carbocycles. The van der Waals surface area contributed by atoms with E-state index in [9.17, 15) is 4.39 Å². The second kappa shape index (κ2) is 0.684. The van der Waals surface area contributed by atoms with Crippen LogP contribution in [0.25, 0.3) is 0 Å². The minimum atomic E-state index is -0.671. The van der Waals surface area contributed by atoms with Crippen molar-refractivity contribution in [3.05, 3.63) is 0 Å². The van der Waals surface area contributed by atoms with E-state index in [2.05, 4.69) is 0 Å². The van der Waals surface area contributed by atoms with E-state index >= 15 is 0 Å². The number of hydrogen-bond donors (Lipinski definition) is 1. The minimum absolute atomic E-state index is 0.116. The van der Waals surface area contributed by atoms with Crippen LogP contribution in [0.3, 0.4) is 0 Å². The van der Waals surface area contributed by atoms with E-state index in [1.807, 2.05) is 0 Å². The summed E-state index contributed by atoms with van der Waals surface area (Å²) in [6, 6.07) is -0.116. The van der Waals surface area contributed by atoms with Gasteiger partial charge in [-0.05, 0) is 6.42 Å². The van der Waals surface area contributed by atoms with Crippen molar-refractivity contribution < 1.29 is 4.39 Å². The predicted molar refractivity (Wildman–Crippen MR) is 17.5 cm³/mol. The highest BCUT2D eigenvalue weighted by molar-refractivity contribution is 4.89. The first kappa shape index (κ1) is 3.09. The van der Waals surface area contributed by atoms with Crippen molar-refractivity contribution in [2.45, 2.75) is 18.6 Å². The lowest BCUT2D eigenvalue weighted by atomic mass is 10.8. The number of alkyl halides is 1. The van der Waals surface area contributed by atoms with Gasteiger partial charge in [0.15, 0.2) is 0 Å². The molecule has 1 aliphatic rings. The number of hydrogen-bond acceptors (Lipinski definition) is 1. The highest BCUT2D eigenvalue weighted by Crippen LogP contribution is 2.21. The molecular formula is C3H6FN. The lowest BCUT2D eigenvalue weighted by Gasteiger charge is -1.66. The summed E-state index contributed by atoms with van der Waals surface area (Å²) in [5.74, 6) is 0. The summed E-state index contributed by atoms with van der Waals surface area (Å²) in [4.78, 5) is 0. The summed E-state index contributed by atoms with van der Waals surface area (Å²) >= 11 is 0. The predicted octanol–water partition coefficient (Wildman–Crippen LogP) is 0.0555. The molecule has 1 nitrogen and oxygen atoms in total. The Morgan fingerprint density at radius 3 is 2.00 bits per heavy atom. The van der Waals surface area contributed by atoms with Gasteiger partial charge in [0.25, 0.3) is 0 Å². The monoisotopic (exact) mass is 75.0 g/mol. The van der Waals surface area contributed by atoms with Crippen molar-refractivity contribution in [2.75, 3.05) is 0 Å². The average Bonchev–Trinajstić information content (AvgIpc) is 1.79. The Balaban J connectivity index is 2.20. The summed E-state index contributed by atoms with van der Waals surface area (Å²) in [6.07, 6.45) is -0.0880. The Labute approximate surface area is 30.0 Å². The molecule has 0 saturated heterocycles. The molecule has 0 aromatic heterocycles. The highest BCUT2D eigenvalue weighted by atomic mass is 19.1. The zero-order valence-electron chi connectivity index (χ0n) is 2.82. The Bertz CT molecular complexity index is 40.2. The molecular weight excluding hydrogens is 69.0 g/mol. The maximum Gasteiger partial charge on any atom is 0.117 e. The van der Waals surface area contributed by atoms with Gasteiger partial charge >= 0.3 is 0 Å². The molecule has 0 aromatic rings. The Morgan fingerprint density at radius 2 is 2.00 bits per heavy atom. The standard InChI is InChI=1S/C3H6FN/c4-2-1-3(2)5/h2-3H,1,5H2/t2?,3-/m0/s1. The van der Waals surface area contributed by atoms with Crippen LogP contribution in [0.5, 0.6) is 0 Å². The third-order valence-electron chi connectivity index (χ3n) is 0.759. The average molecular weight is 75.1 g/mol. The number of nitrogens with two attached hydrogens (primary N) is 1. The number of halogens is 1. The van der Waals surface area contributed by atoms with Gasteiger partial charge in [0.2, 0.25) is 0 Å². The van der Waals surface area contributed by atoms with Gasteiger partial charge in [-0.1, -0.05) is 0 Å². The van der Waals surface area contributed by atoms with Crippen LogP contribution in [-0.4, -0.2) is 12.2 Å². The summed E-state index contributed by atoms with van der Waals surface area (Å²) in [5.41, 5.74) is 4.99. The summed E-state index contributed by atoms with van der Waals surface area (Å²) in [6.45, 7) is 0. The molecule has 5 heavy (non-hydrogen) atoms. The van der Waals surface area contributed by atoms with Gasteiger partial charge in [-0.15, -0.1) is 0 Å². The van der Waals surface area contributed by atoms with Gasteiger partial charge in [-0.3, -0.25) is 0 Å². The van der Waals surface area contributed by atoms with Gasteiger partial charge in [0.05, 0.1) is 0 Å². The maximum atomic E-state index is 11.4. The van der Waals surface area contributed by atoms with E-state index in [4.69, 9.17) is 5.73 Å². The molecule has 0 heterocycles. The molecule has 2 N–H and O–H groups in total. The SMILES string of the molecule is N[C@H]1CC1F. The van der Waals surface area contributed by atoms with Crippen LogP contribution in [-0.2, 0) is 0 Å². The zero-order chi connectivity index (χ0) is 3.86. The van der Waals surface area contributed by atoms with E-state index in [-0.39, 0.29) is 6.04 Å². The molecule has 1 fully saturated rings. The largest absolute Gasteiger partial charge is 0.325 e. The molecule has 1 saturated carbocycles. The quantitative estimate of drug-likeness (QED) is 0.432. The second-order valence-corrected chi connectivity index (χ2v) is 1.42. The molecule has 0 radical (unpaired) electrons. The van der Waals surface area contributed by atoms with Crippen molar-refractivity contribution in [1.29, 1.82) is 0 Å². The van der Waals surface area contributed by atoms with Gasteiger partial charge in [0.1, 0.15) is 6.17 Å². The lowest BCUT2D eigenvalue weighted by Crippen LogP contribution is -2.00. The van der Waals surface area contributed by atoms with Gasteiger partial charge in [0, 0.05) is 6.04 Å². The van der Waals surface area contributed by atoms with Crippen LogP contribution >= 0.6 is 0 Å². The van der Waals surface area contributed by atoms with E-state index in [0.29, 0.717) is 6.42 Å². The van der Waals surface area contributed by atoms with E-state index < -0.39 is 6.17 Å². The van der Waals surface area contributed by atoms with Gasteiger partial charge in [-0.25, -0.2) is 4.39 Å². The molecule has 0 amide bonds. The van der Waals surface area contributed by atoms with E-state index in [1.54, 1.807) is 0 Å². The molecule has 0 spiro atoms. The Kier molecular flexibility index (Phi) is 0.424. The van der Waals surface area contributed by atoms with Crippen LogP contribution in [0.1, 0.15) is 6.42 Å². The van der Waals surface area contributed by atoms with Crippen LogP contribution in [0, 0.1) is 0 Å². The van der Waals surface area contributed by atoms with Crippen LogP contribution in [0.4, 0.5) is 4.39 Å². The van der Waals surface area contributed by atoms with Crippen LogP contribution < -0.4 is 5.73 Å². The fourth-order valence-corrected chi connectivity index (χ4v) is 0.181. The minimum Gasteiger partial charge on any atom is -0.325 e. The van der Waals surface area contributed by atoms with Gasteiger partial charge < -0.3 is 5.73 Å². The van der Waals surface area contributed by atoms with Gasteiger partial charge in [-0.2, -0.15) is 0 Å². The first-order valence-electron chi connectivity index (χ1n) is 1.70. The third-order valence-corrected chi connectivity index (χ3v) is 0.759. The fraction of sp³-hybridized carbons (Fsp3) is 1.00. The Hall–Kier alpha value is -0.110. The molecule has 1 unspecified atom stereocenters. The van der Waals surface area contributed by atoms with Crippen molar-refractivity contribution in [3.8, 4) is 0 Å². The van der Waals surface area contributed by atoms with Crippen LogP contribution in [0.15, 0.2) is 0 Å². The molecule has 30 valence electrons. The molecule has 0 aliphatic heterocycles. The second-order valence-electron chi connectivity index (χ2n) is 1.42. The topological polar surface area (TPSA) is 26.0 Å². The molecule has 2 atom stereocenters. The van der Waals surface area contributed by atoms with Crippen molar-refractivity contribution >= 4 is 0 Å². The number of rotatable bonds is 0. The smallest absolute Gasteiger partial charge is 0.117 e. The fourth-order valence-electron chi connectivity index (χ4n) is 0.181. The maximum absolute atomic E-state index is 11.4. The normalized spacial score (nSPS) is 49.2. The first-order valence-corrected chi connectivity index (χ1v) is 1.70. The third kappa shape index (κ3) is 0.401.